The normalized spacial score (nSPS) is 17.2. The highest BCUT2D eigenvalue weighted by atomic mass is 32.1. The molecule has 136 valence electrons. The molecule has 0 radical (unpaired) electrons. The number of aryl methyl sites for hydroxylation is 2. The molecular weight excluding hydrogens is 318 g/mol. The van der Waals surface area contributed by atoms with Crippen LogP contribution in [0.3, 0.4) is 0 Å². The predicted octanol–water partition coefficient (Wildman–Crippen LogP) is 2.59. The molecule has 0 unspecified atom stereocenters. The Labute approximate surface area is 151 Å². The third-order valence-electron chi connectivity index (χ3n) is 4.75. The third kappa shape index (κ3) is 6.40. The number of hydrogen-bond acceptors (Lipinski definition) is 4. The summed E-state index contributed by atoms with van der Waals surface area (Å²) in [7, 11) is 1.83. The Bertz CT molecular complexity index is 498. The maximum atomic E-state index is 4.58. The van der Waals surface area contributed by atoms with E-state index in [0.717, 1.165) is 37.1 Å². The highest BCUT2D eigenvalue weighted by Gasteiger charge is 2.14. The summed E-state index contributed by atoms with van der Waals surface area (Å²) in [6.07, 6.45) is 4.82. The van der Waals surface area contributed by atoms with Crippen LogP contribution in [-0.2, 0) is 6.42 Å². The van der Waals surface area contributed by atoms with Crippen molar-refractivity contribution in [2.24, 2.45) is 10.9 Å². The summed E-state index contributed by atoms with van der Waals surface area (Å²) in [6.45, 7) is 12.1. The van der Waals surface area contributed by atoms with Crippen molar-refractivity contribution in [2.75, 3.05) is 39.8 Å². The standard InChI is InChI=1S/C18H33N5S/c1-14-7-12-23(13-8-14)11-5-9-20-18(19-4)21-10-6-17-22-15(2)16(3)24-17/h14H,5-13H2,1-4H3,(H2,19,20,21). The lowest BCUT2D eigenvalue weighted by atomic mass is 9.99. The average molecular weight is 352 g/mol. The zero-order valence-electron chi connectivity index (χ0n) is 15.7. The van der Waals surface area contributed by atoms with Crippen molar-refractivity contribution in [3.8, 4) is 0 Å². The van der Waals surface area contributed by atoms with E-state index >= 15 is 0 Å². The monoisotopic (exact) mass is 351 g/mol. The molecule has 1 aromatic rings. The van der Waals surface area contributed by atoms with E-state index in [-0.39, 0.29) is 0 Å². The van der Waals surface area contributed by atoms with Crippen LogP contribution in [0.1, 0.15) is 41.8 Å². The number of rotatable bonds is 7. The van der Waals surface area contributed by atoms with Gasteiger partial charge in [-0.25, -0.2) is 4.98 Å². The van der Waals surface area contributed by atoms with Crippen LogP contribution in [0.5, 0.6) is 0 Å². The lowest BCUT2D eigenvalue weighted by molar-refractivity contribution is 0.191. The fourth-order valence-corrected chi connectivity index (χ4v) is 3.88. The van der Waals surface area contributed by atoms with Gasteiger partial charge in [-0.15, -0.1) is 11.3 Å². The van der Waals surface area contributed by atoms with E-state index < -0.39 is 0 Å². The number of guanidine groups is 1. The van der Waals surface area contributed by atoms with E-state index in [0.29, 0.717) is 0 Å². The molecule has 0 bridgehead atoms. The van der Waals surface area contributed by atoms with Crippen molar-refractivity contribution in [3.05, 3.63) is 15.6 Å². The number of piperidine rings is 1. The van der Waals surface area contributed by atoms with Gasteiger partial charge in [0.15, 0.2) is 5.96 Å². The first kappa shape index (κ1) is 19.2. The van der Waals surface area contributed by atoms with Crippen molar-refractivity contribution in [3.63, 3.8) is 0 Å². The van der Waals surface area contributed by atoms with Gasteiger partial charge < -0.3 is 15.5 Å². The minimum absolute atomic E-state index is 0.871. The Morgan fingerprint density at radius 3 is 2.58 bits per heavy atom. The van der Waals surface area contributed by atoms with Crippen LogP contribution in [0.4, 0.5) is 0 Å². The summed E-state index contributed by atoms with van der Waals surface area (Å²) in [6, 6.07) is 0. The molecule has 2 heterocycles. The Morgan fingerprint density at radius 2 is 1.96 bits per heavy atom. The minimum atomic E-state index is 0.871. The number of aliphatic imine (C=N–C) groups is 1. The first-order chi connectivity index (χ1) is 11.6. The molecule has 1 aliphatic heterocycles. The molecule has 0 aromatic carbocycles. The first-order valence-corrected chi connectivity index (χ1v) is 10.00. The number of hydrogen-bond donors (Lipinski definition) is 2. The van der Waals surface area contributed by atoms with Crippen LogP contribution in [0.15, 0.2) is 4.99 Å². The second kappa shape index (κ2) is 9.99. The molecule has 1 aromatic heterocycles. The van der Waals surface area contributed by atoms with Crippen molar-refractivity contribution in [1.29, 1.82) is 0 Å². The minimum Gasteiger partial charge on any atom is -0.356 e. The zero-order chi connectivity index (χ0) is 17.4. The molecule has 0 aliphatic carbocycles. The van der Waals surface area contributed by atoms with Gasteiger partial charge in [0.25, 0.3) is 0 Å². The van der Waals surface area contributed by atoms with Crippen LogP contribution in [-0.4, -0.2) is 55.6 Å². The topological polar surface area (TPSA) is 52.6 Å². The smallest absolute Gasteiger partial charge is 0.190 e. The van der Waals surface area contributed by atoms with Gasteiger partial charge in [-0.1, -0.05) is 6.92 Å². The van der Waals surface area contributed by atoms with Gasteiger partial charge >= 0.3 is 0 Å². The molecule has 5 nitrogen and oxygen atoms in total. The highest BCUT2D eigenvalue weighted by molar-refractivity contribution is 7.11. The van der Waals surface area contributed by atoms with Gasteiger partial charge in [0, 0.05) is 31.4 Å². The Balaban J connectivity index is 1.57. The van der Waals surface area contributed by atoms with E-state index in [1.807, 2.05) is 7.05 Å². The molecule has 2 N–H and O–H groups in total. The van der Waals surface area contributed by atoms with Crippen molar-refractivity contribution in [1.82, 2.24) is 20.5 Å². The largest absolute Gasteiger partial charge is 0.356 e. The quantitative estimate of drug-likeness (QED) is 0.450. The van der Waals surface area contributed by atoms with Crippen LogP contribution < -0.4 is 10.6 Å². The number of nitrogens with zero attached hydrogens (tertiary/aromatic N) is 3. The summed E-state index contributed by atoms with van der Waals surface area (Å²) in [4.78, 5) is 12.8. The molecule has 1 saturated heterocycles. The van der Waals surface area contributed by atoms with Crippen LogP contribution >= 0.6 is 11.3 Å². The van der Waals surface area contributed by atoms with E-state index in [1.54, 1.807) is 11.3 Å². The van der Waals surface area contributed by atoms with E-state index in [9.17, 15) is 0 Å². The average Bonchev–Trinajstić information content (AvgIpc) is 2.89. The van der Waals surface area contributed by atoms with E-state index in [4.69, 9.17) is 0 Å². The molecule has 0 amide bonds. The maximum Gasteiger partial charge on any atom is 0.190 e. The Kier molecular flexibility index (Phi) is 7.99. The Hall–Kier alpha value is -1.14. The van der Waals surface area contributed by atoms with Gasteiger partial charge in [-0.3, -0.25) is 4.99 Å². The second-order valence-electron chi connectivity index (χ2n) is 6.80. The molecule has 0 spiro atoms. The highest BCUT2D eigenvalue weighted by Crippen LogP contribution is 2.16. The lowest BCUT2D eigenvalue weighted by Gasteiger charge is -2.30. The van der Waals surface area contributed by atoms with Gasteiger partial charge in [-0.05, 0) is 58.7 Å². The third-order valence-corrected chi connectivity index (χ3v) is 5.88. The van der Waals surface area contributed by atoms with E-state index in [2.05, 4.69) is 46.3 Å². The number of nitrogens with one attached hydrogen (secondary N) is 2. The number of likely N-dealkylation sites (tertiary alicyclic amines) is 1. The summed E-state index contributed by atoms with van der Waals surface area (Å²) in [5.74, 6) is 1.81. The summed E-state index contributed by atoms with van der Waals surface area (Å²) in [5, 5.41) is 8.00. The summed E-state index contributed by atoms with van der Waals surface area (Å²) >= 11 is 1.79. The lowest BCUT2D eigenvalue weighted by Crippen LogP contribution is -2.40. The summed E-state index contributed by atoms with van der Waals surface area (Å²) in [5.41, 5.74) is 1.16. The molecule has 0 saturated carbocycles. The maximum absolute atomic E-state index is 4.58. The Morgan fingerprint density at radius 1 is 1.25 bits per heavy atom. The van der Waals surface area contributed by atoms with Gasteiger partial charge in [0.05, 0.1) is 10.7 Å². The SMILES string of the molecule is CN=C(NCCCN1CCC(C)CC1)NCCc1nc(C)c(C)s1. The van der Waals surface area contributed by atoms with Gasteiger partial charge in [0.1, 0.15) is 0 Å². The van der Waals surface area contributed by atoms with Crippen LogP contribution in [0, 0.1) is 19.8 Å². The molecule has 2 rings (SSSR count). The molecular formula is C18H33N5S. The number of thiazole rings is 1. The van der Waals surface area contributed by atoms with Gasteiger partial charge in [0.2, 0.25) is 0 Å². The molecule has 1 aliphatic rings. The summed E-state index contributed by atoms with van der Waals surface area (Å²) < 4.78 is 0. The predicted molar refractivity (Wildman–Crippen MR) is 104 cm³/mol. The second-order valence-corrected chi connectivity index (χ2v) is 8.09. The molecule has 24 heavy (non-hydrogen) atoms. The fraction of sp³-hybridized carbons (Fsp3) is 0.778. The van der Waals surface area contributed by atoms with Crippen molar-refractivity contribution < 1.29 is 0 Å². The van der Waals surface area contributed by atoms with Crippen molar-refractivity contribution in [2.45, 2.75) is 46.5 Å². The fourth-order valence-electron chi connectivity index (χ4n) is 2.95. The molecule has 0 atom stereocenters. The van der Waals surface area contributed by atoms with Crippen LogP contribution in [0.2, 0.25) is 0 Å². The first-order valence-electron chi connectivity index (χ1n) is 9.18. The van der Waals surface area contributed by atoms with E-state index in [1.165, 1.54) is 48.8 Å². The zero-order valence-corrected chi connectivity index (χ0v) is 16.5. The molecule has 6 heteroatoms. The number of aromatic nitrogens is 1. The van der Waals surface area contributed by atoms with Gasteiger partial charge in [-0.2, -0.15) is 0 Å². The van der Waals surface area contributed by atoms with Crippen LogP contribution in [0.25, 0.3) is 0 Å². The van der Waals surface area contributed by atoms with Crippen molar-refractivity contribution >= 4 is 17.3 Å². The molecule has 1 fully saturated rings.